The van der Waals surface area contributed by atoms with Gasteiger partial charge in [0.05, 0.1) is 23.8 Å². The highest BCUT2D eigenvalue weighted by Gasteiger charge is 2.60. The lowest BCUT2D eigenvalue weighted by Crippen LogP contribution is -2.68. The summed E-state index contributed by atoms with van der Waals surface area (Å²) in [4.78, 5) is 83.6. The van der Waals surface area contributed by atoms with Crippen molar-refractivity contribution in [2.45, 2.75) is 287 Å². The summed E-state index contributed by atoms with van der Waals surface area (Å²) >= 11 is 18.0. The van der Waals surface area contributed by atoms with Crippen LogP contribution in [-0.2, 0) is 52.2 Å². The zero-order chi connectivity index (χ0) is 64.9. The van der Waals surface area contributed by atoms with E-state index in [4.69, 9.17) is 82.2 Å². The van der Waals surface area contributed by atoms with E-state index in [1.807, 2.05) is 6.08 Å². The average molecular weight is 1300 g/mol. The quantitative estimate of drug-likeness (QED) is 0.0216. The molecule has 1 aliphatic rings. The van der Waals surface area contributed by atoms with Crippen LogP contribution < -0.4 is 5.32 Å². The molecule has 0 aromatic heterocycles. The van der Waals surface area contributed by atoms with Gasteiger partial charge in [-0.1, -0.05) is 232 Å². The average Bonchev–Trinajstić information content (AvgIpc) is 0.911. The third-order valence-electron chi connectivity index (χ3n) is 14.4. The van der Waals surface area contributed by atoms with Crippen LogP contribution in [-0.4, -0.2) is 113 Å². The van der Waals surface area contributed by atoms with E-state index in [2.05, 4.69) is 19.2 Å². The molecule has 1 amide bonds. The maximum atomic E-state index is 14.3. The molecule has 2 aromatic rings. The van der Waals surface area contributed by atoms with Crippen molar-refractivity contribution < 1.29 is 76.1 Å². The second kappa shape index (κ2) is 42.3. The van der Waals surface area contributed by atoms with Gasteiger partial charge in [0.15, 0.2) is 18.3 Å². The van der Waals surface area contributed by atoms with Crippen LogP contribution in [0.5, 0.6) is 0 Å². The zero-order valence-corrected chi connectivity index (χ0v) is 56.3. The largest absolute Gasteiger partial charge is 0.509 e. The van der Waals surface area contributed by atoms with Crippen LogP contribution >= 0.6 is 34.8 Å². The molecule has 3 rings (SSSR count). The smallest absolute Gasteiger partial charge is 0.452 e. The molecule has 88 heavy (non-hydrogen) atoms. The van der Waals surface area contributed by atoms with Crippen LogP contribution in [0.15, 0.2) is 72.8 Å². The van der Waals surface area contributed by atoms with Gasteiger partial charge in [0.1, 0.15) is 36.6 Å². The predicted molar refractivity (Wildman–Crippen MR) is 343 cm³/mol. The highest BCUT2D eigenvalue weighted by atomic mass is 35.6. The minimum atomic E-state index is -2.35. The number of esters is 2. The number of nitrogens with one attached hydrogen (secondary N) is 1. The van der Waals surface area contributed by atoms with Gasteiger partial charge in [-0.2, -0.15) is 0 Å². The van der Waals surface area contributed by atoms with Crippen LogP contribution in [0.1, 0.15) is 250 Å². The molecular weight excluding hydrogens is 1190 g/mol. The number of alkyl halides is 3. The second-order valence-electron chi connectivity index (χ2n) is 24.9. The van der Waals surface area contributed by atoms with Crippen molar-refractivity contribution in [3.05, 3.63) is 83.9 Å². The Balaban J connectivity index is 2.13. The monoisotopic (exact) mass is 1300 g/mol. The van der Waals surface area contributed by atoms with Crippen molar-refractivity contribution in [2.75, 3.05) is 19.8 Å². The van der Waals surface area contributed by atoms with Crippen LogP contribution in [0.3, 0.4) is 0 Å². The summed E-state index contributed by atoms with van der Waals surface area (Å²) in [5.41, 5.74) is -1.85. The predicted octanol–water partition coefficient (Wildman–Crippen LogP) is 18.0. The van der Waals surface area contributed by atoms with Gasteiger partial charge in [-0.25, -0.2) is 24.0 Å². The van der Waals surface area contributed by atoms with Crippen LogP contribution in [0.4, 0.5) is 14.4 Å². The van der Waals surface area contributed by atoms with Gasteiger partial charge in [-0.15, -0.1) is 0 Å². The number of hydrogen-bond acceptors (Lipinski definition) is 16. The molecule has 0 spiro atoms. The molecule has 1 saturated heterocycles. The summed E-state index contributed by atoms with van der Waals surface area (Å²) in [7, 11) is 0. The minimum Gasteiger partial charge on any atom is -0.452 e. The SMILES string of the molecule is CCCCCCCCCCCCC/C=C/[C@@H](OC(=O)c1ccccc1)[C@H](CO[C@@]1(C)O[C@H](COC(=O)OC(C)(C)C)[C@H](OC(=O)OC(C)(C)C)[C@H](OC(=O)c2ccccc2)[C@H]1OC(=O)OCC(Cl)(Cl)Cl)NC(=O)CCCCCCCCCCCCCCC. The van der Waals surface area contributed by atoms with Crippen molar-refractivity contribution in [2.24, 2.45) is 0 Å². The molecule has 0 radical (unpaired) electrons. The van der Waals surface area contributed by atoms with Gasteiger partial charge in [-0.3, -0.25) is 4.79 Å². The fourth-order valence-corrected chi connectivity index (χ4v) is 10.1. The summed E-state index contributed by atoms with van der Waals surface area (Å²) in [6, 6.07) is 15.0. The van der Waals surface area contributed by atoms with Crippen molar-refractivity contribution in [1.82, 2.24) is 5.32 Å². The minimum absolute atomic E-state index is 0.0287. The van der Waals surface area contributed by atoms with Gasteiger partial charge >= 0.3 is 30.4 Å². The number of amides is 1. The van der Waals surface area contributed by atoms with Crippen LogP contribution in [0, 0.1) is 0 Å². The third-order valence-corrected chi connectivity index (χ3v) is 14.8. The summed E-state index contributed by atoms with van der Waals surface area (Å²) in [5, 5.41) is 3.08. The topological polar surface area (TPSA) is 207 Å². The first-order valence-electron chi connectivity index (χ1n) is 32.3. The van der Waals surface area contributed by atoms with Gasteiger partial charge in [0, 0.05) is 6.42 Å². The fourth-order valence-electron chi connectivity index (χ4n) is 9.90. The molecule has 498 valence electrons. The molecule has 7 atom stereocenters. The summed E-state index contributed by atoms with van der Waals surface area (Å²) < 4.78 is 57.5. The Morgan fingerprint density at radius 3 is 1.52 bits per heavy atom. The zero-order valence-electron chi connectivity index (χ0n) is 54.1. The fraction of sp³-hybridized carbons (Fsp3) is 0.706. The van der Waals surface area contributed by atoms with Crippen LogP contribution in [0.25, 0.3) is 0 Å². The van der Waals surface area contributed by atoms with E-state index in [1.54, 1.807) is 96.1 Å². The molecular formula is C68H104Cl3NO16. The first-order chi connectivity index (χ1) is 41.8. The molecule has 2 aromatic carbocycles. The molecule has 1 fully saturated rings. The van der Waals surface area contributed by atoms with Crippen LogP contribution in [0.2, 0.25) is 0 Å². The number of benzene rings is 2. The number of carbonyl (C=O) groups excluding carboxylic acids is 6. The molecule has 1 aliphatic heterocycles. The second-order valence-corrected chi connectivity index (χ2v) is 27.4. The van der Waals surface area contributed by atoms with Gasteiger partial charge in [0.2, 0.25) is 15.5 Å². The first kappa shape index (κ1) is 77.4. The molecule has 0 saturated carbocycles. The number of hydrogen-bond donors (Lipinski definition) is 1. The first-order valence-corrected chi connectivity index (χ1v) is 33.4. The lowest BCUT2D eigenvalue weighted by atomic mass is 9.92. The molecule has 20 heteroatoms. The van der Waals surface area contributed by atoms with Gasteiger partial charge in [-0.05, 0) is 98.1 Å². The summed E-state index contributed by atoms with van der Waals surface area (Å²) in [5.74, 6) is -4.38. The number of carbonyl (C=O) groups is 6. The van der Waals surface area contributed by atoms with Gasteiger partial charge in [0.25, 0.3) is 0 Å². The lowest BCUT2D eigenvalue weighted by Gasteiger charge is -2.49. The maximum Gasteiger partial charge on any atom is 0.509 e. The standard InChI is InChI=1S/C68H104Cl3NO16/c1-10-12-14-16-18-20-22-24-26-28-30-32-40-46-54(82-60(74)51-42-36-34-37-43-51)53(72-56(73)47-41-33-31-29-27-25-23-21-19-17-15-13-11-2)48-81-67(9)59(85-62(76)80-50-68(69,70)71)58(83-61(75)52-44-38-35-39-45-52)57(84-64(78)88-66(6,7)8)55(86-67)49-79-63(77)87-65(3,4)5/h34-40,42-46,53-55,57-59H,10-33,41,47-50H2,1-9H3,(H,72,73)/b46-40+/t53-,54+,55+,57-,58-,59+,67-/m0/s1. The number of ether oxygens (including phenoxy) is 10. The van der Waals surface area contributed by atoms with E-state index in [1.165, 1.54) is 115 Å². The van der Waals surface area contributed by atoms with Crippen molar-refractivity contribution in [3.63, 3.8) is 0 Å². The number of unbranched alkanes of at least 4 members (excludes halogenated alkanes) is 23. The molecule has 0 aliphatic carbocycles. The van der Waals surface area contributed by atoms with E-state index in [9.17, 15) is 28.8 Å². The Morgan fingerprint density at radius 2 is 1.03 bits per heavy atom. The van der Waals surface area contributed by atoms with Crippen molar-refractivity contribution in [3.8, 4) is 0 Å². The number of halogens is 3. The maximum absolute atomic E-state index is 14.3. The Labute approximate surface area is 540 Å². The Hall–Kier alpha value is -4.81. The van der Waals surface area contributed by atoms with Crippen molar-refractivity contribution in [1.29, 1.82) is 0 Å². The Kier molecular flexibility index (Phi) is 37.2. The van der Waals surface area contributed by atoms with E-state index < -0.39 is 108 Å². The third kappa shape index (κ3) is 34.4. The number of rotatable bonds is 41. The Bertz CT molecular complexity index is 2320. The summed E-state index contributed by atoms with van der Waals surface area (Å²) in [6.45, 7) is 13.3. The summed E-state index contributed by atoms with van der Waals surface area (Å²) in [6.07, 6.45) is 19.4. The normalized spacial score (nSPS) is 18.6. The van der Waals surface area contributed by atoms with E-state index in [-0.39, 0.29) is 23.5 Å². The highest BCUT2D eigenvalue weighted by Crippen LogP contribution is 2.39. The van der Waals surface area contributed by atoms with E-state index in [0.717, 1.165) is 51.4 Å². The molecule has 1 N–H and O–H groups in total. The molecule has 0 bridgehead atoms. The van der Waals surface area contributed by atoms with Crippen molar-refractivity contribution >= 4 is 71.1 Å². The molecule has 17 nitrogen and oxygen atoms in total. The van der Waals surface area contributed by atoms with E-state index in [0.29, 0.717) is 12.8 Å². The highest BCUT2D eigenvalue weighted by molar-refractivity contribution is 6.67. The lowest BCUT2D eigenvalue weighted by molar-refractivity contribution is -0.357. The van der Waals surface area contributed by atoms with Gasteiger partial charge < -0.3 is 52.7 Å². The molecule has 0 unspecified atom stereocenters. The Morgan fingerprint density at radius 1 is 0.568 bits per heavy atom. The molecule has 1 heterocycles. The number of allylic oxidation sites excluding steroid dienone is 1. The van der Waals surface area contributed by atoms with E-state index >= 15 is 0 Å².